The second-order valence-corrected chi connectivity index (χ2v) is 5.09. The standard InChI is InChI=1S/C16H18N4O/c17-16-10-11(3-1-2-8-21)13-5-4-12(9-15(13)19-16)14-6-7-18-20-14/h4-7,9-10,21H,1-3,8H2,(H2,17,19)(H,18,20). The number of aliphatic hydroxyl groups excluding tert-OH is 1. The van der Waals surface area contributed by atoms with Gasteiger partial charge >= 0.3 is 0 Å². The zero-order valence-corrected chi connectivity index (χ0v) is 11.7. The zero-order valence-electron chi connectivity index (χ0n) is 11.7. The Bertz CT molecular complexity index is 737. The first-order valence-electron chi connectivity index (χ1n) is 7.07. The van der Waals surface area contributed by atoms with E-state index in [-0.39, 0.29) is 6.61 Å². The molecule has 2 aromatic heterocycles. The molecule has 0 radical (unpaired) electrons. The van der Waals surface area contributed by atoms with Gasteiger partial charge in [-0.15, -0.1) is 0 Å². The van der Waals surface area contributed by atoms with Crippen LogP contribution in [0.25, 0.3) is 22.2 Å². The summed E-state index contributed by atoms with van der Waals surface area (Å²) in [7, 11) is 0. The predicted molar refractivity (Wildman–Crippen MR) is 83.8 cm³/mol. The van der Waals surface area contributed by atoms with Gasteiger partial charge in [0.15, 0.2) is 0 Å². The molecule has 2 heterocycles. The summed E-state index contributed by atoms with van der Waals surface area (Å²) in [5.74, 6) is 0.531. The van der Waals surface area contributed by atoms with Gasteiger partial charge in [-0.3, -0.25) is 5.10 Å². The lowest BCUT2D eigenvalue weighted by Crippen LogP contribution is -1.97. The maximum Gasteiger partial charge on any atom is 0.124 e. The minimum absolute atomic E-state index is 0.225. The third kappa shape index (κ3) is 2.87. The Balaban J connectivity index is 2.01. The molecule has 0 spiro atoms. The second kappa shape index (κ2) is 5.93. The van der Waals surface area contributed by atoms with Crippen molar-refractivity contribution in [1.82, 2.24) is 15.2 Å². The minimum Gasteiger partial charge on any atom is -0.396 e. The molecular formula is C16H18N4O. The van der Waals surface area contributed by atoms with Gasteiger partial charge < -0.3 is 10.8 Å². The van der Waals surface area contributed by atoms with Crippen molar-refractivity contribution < 1.29 is 5.11 Å². The number of nitrogen functional groups attached to an aromatic ring is 1. The van der Waals surface area contributed by atoms with Crippen molar-refractivity contribution in [1.29, 1.82) is 0 Å². The van der Waals surface area contributed by atoms with Crippen LogP contribution in [-0.4, -0.2) is 26.9 Å². The molecule has 0 atom stereocenters. The number of aromatic amines is 1. The zero-order chi connectivity index (χ0) is 14.7. The molecule has 3 aromatic rings. The van der Waals surface area contributed by atoms with E-state index in [4.69, 9.17) is 10.8 Å². The number of aryl methyl sites for hydroxylation is 1. The molecule has 0 aliphatic heterocycles. The Kier molecular flexibility index (Phi) is 3.83. The van der Waals surface area contributed by atoms with E-state index in [1.54, 1.807) is 6.20 Å². The van der Waals surface area contributed by atoms with E-state index in [0.29, 0.717) is 5.82 Å². The number of fused-ring (bicyclic) bond motifs is 1. The van der Waals surface area contributed by atoms with Crippen molar-refractivity contribution in [2.24, 2.45) is 0 Å². The third-order valence-corrected chi connectivity index (χ3v) is 3.58. The van der Waals surface area contributed by atoms with E-state index in [9.17, 15) is 0 Å². The summed E-state index contributed by atoms with van der Waals surface area (Å²) in [4.78, 5) is 4.43. The van der Waals surface area contributed by atoms with Crippen LogP contribution in [0.3, 0.4) is 0 Å². The molecule has 0 bridgehead atoms. The van der Waals surface area contributed by atoms with Crippen LogP contribution in [0.15, 0.2) is 36.5 Å². The molecular weight excluding hydrogens is 264 g/mol. The van der Waals surface area contributed by atoms with Crippen LogP contribution >= 0.6 is 0 Å². The highest BCUT2D eigenvalue weighted by Crippen LogP contribution is 2.26. The van der Waals surface area contributed by atoms with Crippen molar-refractivity contribution in [2.75, 3.05) is 12.3 Å². The topological polar surface area (TPSA) is 87.8 Å². The van der Waals surface area contributed by atoms with Crippen LogP contribution in [-0.2, 0) is 6.42 Å². The van der Waals surface area contributed by atoms with Crippen LogP contribution in [0.2, 0.25) is 0 Å². The summed E-state index contributed by atoms with van der Waals surface area (Å²) in [6, 6.07) is 10.0. The van der Waals surface area contributed by atoms with Crippen molar-refractivity contribution in [2.45, 2.75) is 19.3 Å². The molecule has 21 heavy (non-hydrogen) atoms. The molecule has 0 aliphatic carbocycles. The molecule has 1 aromatic carbocycles. The number of aliphatic hydroxyl groups is 1. The van der Waals surface area contributed by atoms with Gasteiger partial charge in [-0.05, 0) is 43.0 Å². The van der Waals surface area contributed by atoms with Crippen LogP contribution in [0, 0.1) is 0 Å². The number of H-pyrrole nitrogens is 1. The summed E-state index contributed by atoms with van der Waals surface area (Å²) in [5.41, 5.74) is 9.99. The first-order chi connectivity index (χ1) is 10.3. The van der Waals surface area contributed by atoms with Crippen molar-refractivity contribution in [3.05, 3.63) is 42.1 Å². The Hall–Kier alpha value is -2.40. The first kappa shape index (κ1) is 13.6. The summed E-state index contributed by atoms with van der Waals surface area (Å²) < 4.78 is 0. The van der Waals surface area contributed by atoms with Crippen LogP contribution in [0.5, 0.6) is 0 Å². The van der Waals surface area contributed by atoms with Gasteiger partial charge in [0, 0.05) is 23.8 Å². The molecule has 0 aliphatic rings. The predicted octanol–water partition coefficient (Wildman–Crippen LogP) is 2.52. The molecule has 0 amide bonds. The van der Waals surface area contributed by atoms with E-state index in [1.165, 1.54) is 5.56 Å². The molecule has 0 saturated carbocycles. The third-order valence-electron chi connectivity index (χ3n) is 3.58. The van der Waals surface area contributed by atoms with E-state index >= 15 is 0 Å². The van der Waals surface area contributed by atoms with E-state index < -0.39 is 0 Å². The highest BCUT2D eigenvalue weighted by molar-refractivity contribution is 5.87. The molecule has 0 unspecified atom stereocenters. The van der Waals surface area contributed by atoms with E-state index in [0.717, 1.165) is 41.4 Å². The van der Waals surface area contributed by atoms with Gasteiger partial charge in [0.05, 0.1) is 11.2 Å². The van der Waals surface area contributed by atoms with E-state index in [1.807, 2.05) is 18.2 Å². The Morgan fingerprint density at radius 3 is 2.81 bits per heavy atom. The molecule has 5 heteroatoms. The Morgan fingerprint density at radius 2 is 2.05 bits per heavy atom. The quantitative estimate of drug-likeness (QED) is 0.627. The lowest BCUT2D eigenvalue weighted by atomic mass is 10.0. The minimum atomic E-state index is 0.225. The number of nitrogens with one attached hydrogen (secondary N) is 1. The SMILES string of the molecule is Nc1cc(CCCCO)c2ccc(-c3ccn[nH]3)cc2n1. The Morgan fingerprint density at radius 1 is 1.14 bits per heavy atom. The Labute approximate surface area is 122 Å². The van der Waals surface area contributed by atoms with Crippen molar-refractivity contribution in [3.8, 4) is 11.3 Å². The monoisotopic (exact) mass is 282 g/mol. The molecule has 4 N–H and O–H groups in total. The van der Waals surface area contributed by atoms with Crippen LogP contribution < -0.4 is 5.73 Å². The summed E-state index contributed by atoms with van der Waals surface area (Å²) in [6.07, 6.45) is 4.37. The number of hydrogen-bond donors (Lipinski definition) is 3. The van der Waals surface area contributed by atoms with Gasteiger partial charge in [0.1, 0.15) is 5.82 Å². The lowest BCUT2D eigenvalue weighted by molar-refractivity contribution is 0.284. The molecule has 0 fully saturated rings. The number of anilines is 1. The smallest absolute Gasteiger partial charge is 0.124 e. The maximum absolute atomic E-state index is 8.91. The van der Waals surface area contributed by atoms with Gasteiger partial charge in [0.25, 0.3) is 0 Å². The second-order valence-electron chi connectivity index (χ2n) is 5.09. The van der Waals surface area contributed by atoms with Gasteiger partial charge in [-0.2, -0.15) is 5.10 Å². The summed E-state index contributed by atoms with van der Waals surface area (Å²) in [5, 5.41) is 16.9. The summed E-state index contributed by atoms with van der Waals surface area (Å²) >= 11 is 0. The number of unbranched alkanes of at least 4 members (excludes halogenated alkanes) is 1. The highest BCUT2D eigenvalue weighted by Gasteiger charge is 2.07. The number of benzene rings is 1. The van der Waals surface area contributed by atoms with Crippen LogP contribution in [0.4, 0.5) is 5.82 Å². The largest absolute Gasteiger partial charge is 0.396 e. The van der Waals surface area contributed by atoms with Gasteiger partial charge in [-0.25, -0.2) is 4.98 Å². The number of rotatable bonds is 5. The van der Waals surface area contributed by atoms with Crippen molar-refractivity contribution >= 4 is 16.7 Å². The number of pyridine rings is 1. The van der Waals surface area contributed by atoms with Crippen LogP contribution in [0.1, 0.15) is 18.4 Å². The molecule has 3 rings (SSSR count). The fraction of sp³-hybridized carbons (Fsp3) is 0.250. The number of hydrogen-bond acceptors (Lipinski definition) is 4. The van der Waals surface area contributed by atoms with Gasteiger partial charge in [-0.1, -0.05) is 12.1 Å². The summed E-state index contributed by atoms with van der Waals surface area (Å²) in [6.45, 7) is 0.225. The number of nitrogens with two attached hydrogens (primary N) is 1. The molecule has 108 valence electrons. The first-order valence-corrected chi connectivity index (χ1v) is 7.07. The van der Waals surface area contributed by atoms with Gasteiger partial charge in [0.2, 0.25) is 0 Å². The fourth-order valence-corrected chi connectivity index (χ4v) is 2.54. The van der Waals surface area contributed by atoms with E-state index in [2.05, 4.69) is 27.3 Å². The number of aromatic nitrogens is 3. The number of nitrogens with zero attached hydrogens (tertiary/aromatic N) is 2. The lowest BCUT2D eigenvalue weighted by Gasteiger charge is -2.09. The highest BCUT2D eigenvalue weighted by atomic mass is 16.2. The maximum atomic E-state index is 8.91. The molecule has 0 saturated heterocycles. The fourth-order valence-electron chi connectivity index (χ4n) is 2.54. The molecule has 5 nitrogen and oxygen atoms in total. The average molecular weight is 282 g/mol. The van der Waals surface area contributed by atoms with Crippen molar-refractivity contribution in [3.63, 3.8) is 0 Å². The normalized spacial score (nSPS) is 11.1. The average Bonchev–Trinajstić information content (AvgIpc) is 3.01.